The fraction of sp³-hybridized carbons (Fsp3) is 0.571. The maximum Gasteiger partial charge on any atom is 0.143 e. The summed E-state index contributed by atoms with van der Waals surface area (Å²) in [5.41, 5.74) is -0.00387. The Morgan fingerprint density at radius 2 is 2.09 bits per heavy atom. The van der Waals surface area contributed by atoms with Crippen LogP contribution in [0, 0.1) is 0 Å². The molecular formula is C7H10BrClN2. The van der Waals surface area contributed by atoms with E-state index in [2.05, 4.69) is 41.7 Å². The molecule has 0 amide bonds. The largest absolute Gasteiger partial charge is 0.315 e. The zero-order valence-corrected chi connectivity index (χ0v) is 9.07. The zero-order valence-electron chi connectivity index (χ0n) is 6.73. The average Bonchev–Trinajstić information content (AvgIpc) is 2.11. The summed E-state index contributed by atoms with van der Waals surface area (Å²) < 4.78 is 2.62. The second-order valence-corrected chi connectivity index (χ2v) is 4.48. The lowest BCUT2D eigenvalue weighted by atomic mass is 10.1. The second-order valence-electron chi connectivity index (χ2n) is 3.37. The van der Waals surface area contributed by atoms with E-state index in [9.17, 15) is 0 Å². The van der Waals surface area contributed by atoms with Crippen LogP contribution in [0.1, 0.15) is 20.8 Å². The van der Waals surface area contributed by atoms with Crippen molar-refractivity contribution in [2.45, 2.75) is 26.3 Å². The van der Waals surface area contributed by atoms with Crippen molar-refractivity contribution < 1.29 is 0 Å². The summed E-state index contributed by atoms with van der Waals surface area (Å²) in [6.07, 6.45) is 1.73. The first-order valence-electron chi connectivity index (χ1n) is 3.32. The molecule has 1 rings (SSSR count). The zero-order chi connectivity index (χ0) is 8.65. The van der Waals surface area contributed by atoms with Crippen molar-refractivity contribution in [3.8, 4) is 0 Å². The average molecular weight is 238 g/mol. The standard InChI is InChI=1S/C7H10BrClN2/c1-7(2,3)11-4-10-5(8)6(11)9/h4H,1-3H3. The van der Waals surface area contributed by atoms with Gasteiger partial charge in [-0.2, -0.15) is 0 Å². The maximum absolute atomic E-state index is 5.95. The minimum Gasteiger partial charge on any atom is -0.315 e. The van der Waals surface area contributed by atoms with E-state index < -0.39 is 0 Å². The van der Waals surface area contributed by atoms with Gasteiger partial charge in [-0.15, -0.1) is 0 Å². The molecule has 11 heavy (non-hydrogen) atoms. The molecule has 0 fully saturated rings. The number of hydrogen-bond acceptors (Lipinski definition) is 1. The van der Waals surface area contributed by atoms with Crippen molar-refractivity contribution in [3.05, 3.63) is 16.1 Å². The molecule has 0 radical (unpaired) electrons. The minimum absolute atomic E-state index is 0.00387. The number of halogens is 2. The van der Waals surface area contributed by atoms with Crippen LogP contribution in [-0.4, -0.2) is 9.55 Å². The van der Waals surface area contributed by atoms with Crippen molar-refractivity contribution in [2.75, 3.05) is 0 Å². The van der Waals surface area contributed by atoms with Crippen LogP contribution in [0.5, 0.6) is 0 Å². The lowest BCUT2D eigenvalue weighted by molar-refractivity contribution is 0.397. The van der Waals surface area contributed by atoms with Crippen LogP contribution < -0.4 is 0 Å². The van der Waals surface area contributed by atoms with E-state index in [0.29, 0.717) is 9.76 Å². The van der Waals surface area contributed by atoms with Crippen LogP contribution in [-0.2, 0) is 5.54 Å². The Kier molecular flexibility index (Phi) is 2.30. The third-order valence-corrected chi connectivity index (χ3v) is 2.56. The topological polar surface area (TPSA) is 17.8 Å². The quantitative estimate of drug-likeness (QED) is 0.678. The molecule has 2 nitrogen and oxygen atoms in total. The molecule has 0 bridgehead atoms. The highest BCUT2D eigenvalue weighted by molar-refractivity contribution is 9.10. The van der Waals surface area contributed by atoms with E-state index in [0.717, 1.165) is 0 Å². The van der Waals surface area contributed by atoms with Crippen LogP contribution >= 0.6 is 27.5 Å². The van der Waals surface area contributed by atoms with E-state index in [1.165, 1.54) is 0 Å². The highest BCUT2D eigenvalue weighted by Gasteiger charge is 2.17. The van der Waals surface area contributed by atoms with Gasteiger partial charge in [0.05, 0.1) is 6.33 Å². The van der Waals surface area contributed by atoms with Gasteiger partial charge in [0.25, 0.3) is 0 Å². The fourth-order valence-corrected chi connectivity index (χ4v) is 1.41. The summed E-state index contributed by atoms with van der Waals surface area (Å²) >= 11 is 9.19. The van der Waals surface area contributed by atoms with Crippen LogP contribution in [0.25, 0.3) is 0 Å². The number of imidazole rings is 1. The summed E-state index contributed by atoms with van der Waals surface area (Å²) in [5, 5.41) is 0.650. The van der Waals surface area contributed by atoms with Gasteiger partial charge in [-0.1, -0.05) is 11.6 Å². The molecule has 0 unspecified atom stereocenters. The maximum atomic E-state index is 5.95. The first kappa shape index (κ1) is 9.07. The summed E-state index contributed by atoms with van der Waals surface area (Å²) in [7, 11) is 0. The Labute approximate surface area is 79.7 Å². The van der Waals surface area contributed by atoms with Gasteiger partial charge in [-0.3, -0.25) is 0 Å². The predicted molar refractivity (Wildman–Crippen MR) is 49.9 cm³/mol. The molecule has 0 spiro atoms. The number of hydrogen-bond donors (Lipinski definition) is 0. The molecule has 0 N–H and O–H groups in total. The highest BCUT2D eigenvalue weighted by atomic mass is 79.9. The lowest BCUT2D eigenvalue weighted by Crippen LogP contribution is -2.20. The normalized spacial score (nSPS) is 12.1. The third kappa shape index (κ3) is 1.76. The van der Waals surface area contributed by atoms with Crippen LogP contribution in [0.15, 0.2) is 10.9 Å². The van der Waals surface area contributed by atoms with Crippen LogP contribution in [0.4, 0.5) is 0 Å². The van der Waals surface area contributed by atoms with Gasteiger partial charge in [-0.25, -0.2) is 4.98 Å². The van der Waals surface area contributed by atoms with Gasteiger partial charge in [0.2, 0.25) is 0 Å². The lowest BCUT2D eigenvalue weighted by Gasteiger charge is -2.21. The van der Waals surface area contributed by atoms with Crippen LogP contribution in [0.3, 0.4) is 0 Å². The van der Waals surface area contributed by atoms with Crippen molar-refractivity contribution >= 4 is 27.5 Å². The van der Waals surface area contributed by atoms with Gasteiger partial charge >= 0.3 is 0 Å². The first-order valence-corrected chi connectivity index (χ1v) is 4.49. The molecule has 1 aromatic heterocycles. The molecule has 0 saturated heterocycles. The molecule has 62 valence electrons. The van der Waals surface area contributed by atoms with E-state index in [4.69, 9.17) is 11.6 Å². The monoisotopic (exact) mass is 236 g/mol. The van der Waals surface area contributed by atoms with Gasteiger partial charge in [0, 0.05) is 5.54 Å². The molecule has 0 aliphatic rings. The molecule has 1 aromatic rings. The SMILES string of the molecule is CC(C)(C)n1cnc(Br)c1Cl. The van der Waals surface area contributed by atoms with Gasteiger partial charge < -0.3 is 4.57 Å². The highest BCUT2D eigenvalue weighted by Crippen LogP contribution is 2.26. The molecule has 0 saturated carbocycles. The second kappa shape index (κ2) is 2.79. The molecule has 0 atom stereocenters. The fourth-order valence-electron chi connectivity index (χ4n) is 0.779. The summed E-state index contributed by atoms with van der Waals surface area (Å²) in [4.78, 5) is 4.03. The number of rotatable bonds is 0. The Hall–Kier alpha value is -0.0200. The molecular weight excluding hydrogens is 227 g/mol. The van der Waals surface area contributed by atoms with E-state index in [-0.39, 0.29) is 5.54 Å². The van der Waals surface area contributed by atoms with E-state index in [1.54, 1.807) is 6.33 Å². The van der Waals surface area contributed by atoms with Crippen LogP contribution in [0.2, 0.25) is 5.15 Å². The van der Waals surface area contributed by atoms with Gasteiger partial charge in [0.1, 0.15) is 9.76 Å². The van der Waals surface area contributed by atoms with E-state index in [1.807, 2.05) is 4.57 Å². The Morgan fingerprint density at radius 3 is 2.27 bits per heavy atom. The predicted octanol–water partition coefficient (Wildman–Crippen LogP) is 3.05. The smallest absolute Gasteiger partial charge is 0.143 e. The van der Waals surface area contributed by atoms with Gasteiger partial charge in [0.15, 0.2) is 0 Å². The first-order chi connectivity index (χ1) is 4.93. The van der Waals surface area contributed by atoms with E-state index >= 15 is 0 Å². The van der Waals surface area contributed by atoms with Crippen molar-refractivity contribution in [3.63, 3.8) is 0 Å². The van der Waals surface area contributed by atoms with Crippen molar-refractivity contribution in [2.24, 2.45) is 0 Å². The number of aromatic nitrogens is 2. The molecule has 0 aromatic carbocycles. The Bertz CT molecular complexity index is 262. The van der Waals surface area contributed by atoms with Crippen molar-refractivity contribution in [1.82, 2.24) is 9.55 Å². The Morgan fingerprint density at radius 1 is 1.55 bits per heavy atom. The minimum atomic E-state index is -0.00387. The summed E-state index contributed by atoms with van der Waals surface area (Å²) in [6.45, 7) is 6.23. The summed E-state index contributed by atoms with van der Waals surface area (Å²) in [5.74, 6) is 0. The molecule has 1 heterocycles. The van der Waals surface area contributed by atoms with Gasteiger partial charge in [-0.05, 0) is 36.7 Å². The Balaban J connectivity index is 3.15. The third-order valence-electron chi connectivity index (χ3n) is 1.39. The number of nitrogens with zero attached hydrogens (tertiary/aromatic N) is 2. The molecule has 4 heteroatoms. The molecule has 0 aliphatic carbocycles. The van der Waals surface area contributed by atoms with Crippen molar-refractivity contribution in [1.29, 1.82) is 0 Å². The molecule has 0 aliphatic heterocycles. The summed E-state index contributed by atoms with van der Waals surface area (Å²) in [6, 6.07) is 0.